The zero-order valence-electron chi connectivity index (χ0n) is 23.1. The molecule has 1 fully saturated rings. The maximum atomic E-state index is 13.1. The molecule has 2 aromatic carbocycles. The van der Waals surface area contributed by atoms with Gasteiger partial charge in [-0.1, -0.05) is 55.1 Å². The van der Waals surface area contributed by atoms with Gasteiger partial charge in [0.15, 0.2) is 0 Å². The van der Waals surface area contributed by atoms with Crippen LogP contribution in [0.15, 0.2) is 89.0 Å². The van der Waals surface area contributed by atoms with E-state index in [2.05, 4.69) is 53.2 Å². The quantitative estimate of drug-likeness (QED) is 0.460. The normalized spacial score (nSPS) is 22.1. The van der Waals surface area contributed by atoms with Crippen LogP contribution < -0.4 is 10.1 Å². The van der Waals surface area contributed by atoms with E-state index in [9.17, 15) is 4.79 Å². The first kappa shape index (κ1) is 26.1. The summed E-state index contributed by atoms with van der Waals surface area (Å²) in [5.41, 5.74) is 8.67. The van der Waals surface area contributed by atoms with E-state index in [4.69, 9.17) is 15.1 Å². The van der Waals surface area contributed by atoms with Crippen molar-refractivity contribution in [1.82, 2.24) is 10.2 Å². The molecule has 2 N–H and O–H groups in total. The fraction of sp³-hybridized carbons (Fsp3) is 0.324. The van der Waals surface area contributed by atoms with Crippen molar-refractivity contribution in [2.24, 2.45) is 16.8 Å². The molecule has 204 valence electrons. The molecule has 0 radical (unpaired) electrons. The minimum Gasteiger partial charge on any atom is -0.497 e. The second-order valence-electron chi connectivity index (χ2n) is 11.0. The molecule has 2 atom stereocenters. The van der Waals surface area contributed by atoms with E-state index in [0.717, 1.165) is 77.3 Å². The zero-order chi connectivity index (χ0) is 27.6. The third kappa shape index (κ3) is 5.31. The van der Waals surface area contributed by atoms with Gasteiger partial charge in [0.2, 0.25) is 5.91 Å². The predicted octanol–water partition coefficient (Wildman–Crippen LogP) is 5.83. The number of amides is 1. The van der Waals surface area contributed by atoms with E-state index in [-0.39, 0.29) is 17.7 Å². The number of carbonyl (C=O) groups is 1. The number of benzene rings is 2. The number of amidine groups is 1. The average molecular weight is 533 g/mol. The molecule has 4 aliphatic rings. The van der Waals surface area contributed by atoms with Crippen molar-refractivity contribution in [3.63, 3.8) is 0 Å². The Labute approximate surface area is 236 Å². The summed E-state index contributed by atoms with van der Waals surface area (Å²) in [4.78, 5) is 20.6. The zero-order valence-corrected chi connectivity index (χ0v) is 23.1. The standard InChI is InChI=1S/C34H36N4O2/c1-3-22-6-10-24(11-7-22)26-17-30-32(31(35)19-26)29-18-27(29)21-36-33(30)38-15-4-5-25(14-16-38)34(39)37-20-23-8-12-28(40-2)13-9-23/h3,6-13,17-18,25,29,35H,1,4-5,14-16,19-21H2,2H3,(H,37,39). The van der Waals surface area contributed by atoms with Crippen LogP contribution in [-0.2, 0) is 11.3 Å². The van der Waals surface area contributed by atoms with Crippen LogP contribution in [0.25, 0.3) is 11.6 Å². The van der Waals surface area contributed by atoms with Crippen molar-refractivity contribution in [2.45, 2.75) is 32.2 Å². The molecule has 6 heteroatoms. The van der Waals surface area contributed by atoms with E-state index in [1.165, 1.54) is 5.57 Å². The number of nitrogens with one attached hydrogen (secondary N) is 2. The SMILES string of the molecule is C=Cc1ccc(C2=CC3=C(C(=N)C2)C2C=C2CN=C3N2CCCC(C(=O)NCc3ccc(OC)cc3)CC2)cc1. The maximum absolute atomic E-state index is 13.1. The Kier molecular flexibility index (Phi) is 7.25. The maximum Gasteiger partial charge on any atom is 0.223 e. The van der Waals surface area contributed by atoms with E-state index >= 15 is 0 Å². The summed E-state index contributed by atoms with van der Waals surface area (Å²) in [6.07, 6.45) is 9.61. The molecule has 1 saturated heterocycles. The third-order valence-corrected chi connectivity index (χ3v) is 8.48. The van der Waals surface area contributed by atoms with E-state index in [1.54, 1.807) is 7.11 Å². The predicted molar refractivity (Wildman–Crippen MR) is 162 cm³/mol. The first-order chi connectivity index (χ1) is 19.5. The van der Waals surface area contributed by atoms with Crippen molar-refractivity contribution in [2.75, 3.05) is 26.7 Å². The number of carbonyl (C=O) groups excluding carboxylic acids is 1. The van der Waals surface area contributed by atoms with Crippen LogP contribution in [0.1, 0.15) is 42.4 Å². The number of fused-ring (bicyclic) bond motifs is 2. The summed E-state index contributed by atoms with van der Waals surface area (Å²) < 4.78 is 5.23. The summed E-state index contributed by atoms with van der Waals surface area (Å²) in [5.74, 6) is 2.17. The number of hydrogen-bond donors (Lipinski definition) is 2. The topological polar surface area (TPSA) is 77.8 Å². The van der Waals surface area contributed by atoms with Gasteiger partial charge in [0.25, 0.3) is 0 Å². The fourth-order valence-corrected chi connectivity index (χ4v) is 6.06. The highest BCUT2D eigenvalue weighted by molar-refractivity contribution is 6.18. The van der Waals surface area contributed by atoms with Gasteiger partial charge in [0, 0.05) is 49.2 Å². The van der Waals surface area contributed by atoms with Crippen molar-refractivity contribution in [3.05, 3.63) is 101 Å². The van der Waals surface area contributed by atoms with Gasteiger partial charge < -0.3 is 20.4 Å². The van der Waals surface area contributed by atoms with Crippen molar-refractivity contribution >= 4 is 29.1 Å². The van der Waals surface area contributed by atoms with E-state index < -0.39 is 0 Å². The van der Waals surface area contributed by atoms with Crippen LogP contribution in [-0.4, -0.2) is 49.1 Å². The molecule has 2 heterocycles. The summed E-state index contributed by atoms with van der Waals surface area (Å²) >= 11 is 0. The third-order valence-electron chi connectivity index (χ3n) is 8.48. The highest BCUT2D eigenvalue weighted by Crippen LogP contribution is 2.45. The van der Waals surface area contributed by atoms with Crippen LogP contribution in [0.4, 0.5) is 0 Å². The molecule has 0 spiro atoms. The molecular weight excluding hydrogens is 496 g/mol. The molecule has 6 rings (SSSR count). The average Bonchev–Trinajstić information content (AvgIpc) is 3.80. The number of nitrogens with zero attached hydrogens (tertiary/aromatic N) is 2. The van der Waals surface area contributed by atoms with Crippen LogP contribution in [0.2, 0.25) is 0 Å². The molecule has 0 aromatic heterocycles. The minimum absolute atomic E-state index is 0.0154. The summed E-state index contributed by atoms with van der Waals surface area (Å²) in [6, 6.07) is 16.2. The lowest BCUT2D eigenvalue weighted by Crippen LogP contribution is -2.36. The molecule has 6 nitrogen and oxygen atoms in total. The highest BCUT2D eigenvalue weighted by atomic mass is 16.5. The lowest BCUT2D eigenvalue weighted by Gasteiger charge is -2.29. The van der Waals surface area contributed by atoms with Crippen LogP contribution in [0.3, 0.4) is 0 Å². The number of hydrogen-bond acceptors (Lipinski definition) is 5. The van der Waals surface area contributed by atoms with Crippen LogP contribution >= 0.6 is 0 Å². The Bertz CT molecular complexity index is 1460. The van der Waals surface area contributed by atoms with Gasteiger partial charge in [-0.05, 0) is 70.9 Å². The molecule has 2 aliphatic heterocycles. The number of rotatable bonds is 6. The molecular formula is C34H36N4O2. The first-order valence-electron chi connectivity index (χ1n) is 14.2. The molecule has 0 saturated carbocycles. The van der Waals surface area contributed by atoms with Gasteiger partial charge in [-0.3, -0.25) is 9.79 Å². The Balaban J connectivity index is 1.18. The highest BCUT2D eigenvalue weighted by Gasteiger charge is 2.39. The largest absolute Gasteiger partial charge is 0.497 e. The van der Waals surface area contributed by atoms with Crippen LogP contribution in [0.5, 0.6) is 5.75 Å². The number of likely N-dealkylation sites (tertiary alicyclic amines) is 1. The molecule has 1 amide bonds. The van der Waals surface area contributed by atoms with Gasteiger partial charge in [0.1, 0.15) is 11.6 Å². The molecule has 2 unspecified atom stereocenters. The first-order valence-corrected chi connectivity index (χ1v) is 14.2. The Morgan fingerprint density at radius 3 is 2.70 bits per heavy atom. The van der Waals surface area contributed by atoms with Crippen molar-refractivity contribution in [1.29, 1.82) is 5.41 Å². The van der Waals surface area contributed by atoms with E-state index in [1.807, 2.05) is 30.3 Å². The Hall–Kier alpha value is -4.19. The smallest absolute Gasteiger partial charge is 0.223 e. The lowest BCUT2D eigenvalue weighted by atomic mass is 9.83. The molecule has 2 aromatic rings. The van der Waals surface area contributed by atoms with Gasteiger partial charge in [-0.25, -0.2) is 0 Å². The number of ether oxygens (including phenoxy) is 1. The Morgan fingerprint density at radius 2 is 1.95 bits per heavy atom. The number of methoxy groups -OCH3 is 1. The Morgan fingerprint density at radius 1 is 1.15 bits per heavy atom. The van der Waals surface area contributed by atoms with Gasteiger partial charge in [-0.2, -0.15) is 0 Å². The van der Waals surface area contributed by atoms with Crippen molar-refractivity contribution in [3.8, 4) is 5.75 Å². The molecule has 2 aliphatic carbocycles. The van der Waals surface area contributed by atoms with Gasteiger partial charge in [-0.15, -0.1) is 0 Å². The second kappa shape index (κ2) is 11.1. The fourth-order valence-electron chi connectivity index (χ4n) is 6.06. The summed E-state index contributed by atoms with van der Waals surface area (Å²) in [6.45, 7) is 6.73. The lowest BCUT2D eigenvalue weighted by molar-refractivity contribution is -0.125. The molecule has 40 heavy (non-hydrogen) atoms. The minimum atomic E-state index is -0.0154. The monoisotopic (exact) mass is 532 g/mol. The summed E-state index contributed by atoms with van der Waals surface area (Å²) in [7, 11) is 1.65. The van der Waals surface area contributed by atoms with Crippen LogP contribution in [0, 0.1) is 17.2 Å². The molecule has 0 bridgehead atoms. The number of allylic oxidation sites excluding steroid dienone is 3. The van der Waals surface area contributed by atoms with E-state index in [0.29, 0.717) is 25.2 Å². The van der Waals surface area contributed by atoms with Crippen molar-refractivity contribution < 1.29 is 9.53 Å². The van der Waals surface area contributed by atoms with Gasteiger partial charge in [0.05, 0.1) is 13.7 Å². The second-order valence-corrected chi connectivity index (χ2v) is 11.0. The number of aliphatic imine (C=N–C) groups is 1. The summed E-state index contributed by atoms with van der Waals surface area (Å²) in [5, 5.41) is 12.2. The van der Waals surface area contributed by atoms with Gasteiger partial charge >= 0.3 is 0 Å².